The molecule has 2 heterocycles. The number of nitrogens with one attached hydrogen (secondary N) is 1. The first-order chi connectivity index (χ1) is 17.5. The van der Waals surface area contributed by atoms with Crippen LogP contribution < -0.4 is 10.8 Å². The SMILES string of the molecule is Nc1ncnc2c1ncn2CCOCP(=O)(NCC(=O)OCc1ccccc1)OCc1ccccc1. The number of rotatable bonds is 13. The van der Waals surface area contributed by atoms with Crippen LogP contribution in [0.5, 0.6) is 0 Å². The van der Waals surface area contributed by atoms with E-state index in [1.807, 2.05) is 60.7 Å². The highest BCUT2D eigenvalue weighted by Gasteiger charge is 2.25. The molecular weight excluding hydrogens is 483 g/mol. The Morgan fingerprint density at radius 3 is 2.39 bits per heavy atom. The van der Waals surface area contributed by atoms with Crippen LogP contribution in [0.3, 0.4) is 0 Å². The summed E-state index contributed by atoms with van der Waals surface area (Å²) in [6.45, 7) is 0.527. The number of benzene rings is 2. The van der Waals surface area contributed by atoms with Gasteiger partial charge in [-0.05, 0) is 11.1 Å². The number of carbonyl (C=O) groups is 1. The van der Waals surface area contributed by atoms with E-state index >= 15 is 0 Å². The molecule has 1 unspecified atom stereocenters. The molecular formula is C24H27N6O5P. The van der Waals surface area contributed by atoms with Gasteiger partial charge in [-0.15, -0.1) is 0 Å². The van der Waals surface area contributed by atoms with Crippen LogP contribution in [0.2, 0.25) is 0 Å². The van der Waals surface area contributed by atoms with E-state index in [2.05, 4.69) is 20.0 Å². The fourth-order valence-corrected chi connectivity index (χ4v) is 4.62. The van der Waals surface area contributed by atoms with E-state index in [-0.39, 0.29) is 32.7 Å². The molecule has 36 heavy (non-hydrogen) atoms. The second kappa shape index (κ2) is 12.4. The lowest BCUT2D eigenvalue weighted by Gasteiger charge is -2.20. The van der Waals surface area contributed by atoms with Crippen molar-refractivity contribution >= 4 is 30.5 Å². The van der Waals surface area contributed by atoms with Gasteiger partial charge in [-0.3, -0.25) is 9.36 Å². The summed E-state index contributed by atoms with van der Waals surface area (Å²) in [7, 11) is -3.54. The van der Waals surface area contributed by atoms with Crippen molar-refractivity contribution in [3.8, 4) is 0 Å². The molecule has 12 heteroatoms. The highest BCUT2D eigenvalue weighted by Crippen LogP contribution is 2.43. The van der Waals surface area contributed by atoms with Crippen LogP contribution in [0.4, 0.5) is 5.82 Å². The average molecular weight is 510 g/mol. The van der Waals surface area contributed by atoms with Crippen molar-refractivity contribution in [2.45, 2.75) is 19.8 Å². The first-order valence-corrected chi connectivity index (χ1v) is 13.0. The Labute approximate surface area is 208 Å². The molecule has 3 N–H and O–H groups in total. The predicted octanol–water partition coefficient (Wildman–Crippen LogP) is 3.13. The molecule has 11 nitrogen and oxygen atoms in total. The topological polar surface area (TPSA) is 143 Å². The van der Waals surface area contributed by atoms with Crippen molar-refractivity contribution in [2.75, 3.05) is 25.2 Å². The zero-order chi connectivity index (χ0) is 25.2. The Morgan fingerprint density at radius 1 is 0.972 bits per heavy atom. The van der Waals surface area contributed by atoms with E-state index in [0.717, 1.165) is 11.1 Å². The third kappa shape index (κ3) is 7.19. The summed E-state index contributed by atoms with van der Waals surface area (Å²) >= 11 is 0. The highest BCUT2D eigenvalue weighted by molar-refractivity contribution is 7.56. The summed E-state index contributed by atoms with van der Waals surface area (Å²) in [5.74, 6) is -0.258. The van der Waals surface area contributed by atoms with Crippen molar-refractivity contribution in [3.05, 3.63) is 84.4 Å². The molecule has 0 saturated carbocycles. The molecule has 0 saturated heterocycles. The molecule has 188 valence electrons. The molecule has 0 amide bonds. The van der Waals surface area contributed by atoms with Gasteiger partial charge in [0.25, 0.3) is 7.52 Å². The largest absolute Gasteiger partial charge is 0.460 e. The van der Waals surface area contributed by atoms with Gasteiger partial charge in [0.1, 0.15) is 31.3 Å². The van der Waals surface area contributed by atoms with Crippen molar-refractivity contribution in [2.24, 2.45) is 0 Å². The number of nitrogens with zero attached hydrogens (tertiary/aromatic N) is 4. The molecule has 2 aromatic heterocycles. The monoisotopic (exact) mass is 510 g/mol. The quantitative estimate of drug-likeness (QED) is 0.156. The molecule has 0 fully saturated rings. The van der Waals surface area contributed by atoms with Gasteiger partial charge in [-0.25, -0.2) is 20.0 Å². The molecule has 0 spiro atoms. The van der Waals surface area contributed by atoms with Gasteiger partial charge in [0, 0.05) is 6.54 Å². The second-order valence-electron chi connectivity index (χ2n) is 7.82. The van der Waals surface area contributed by atoms with Gasteiger partial charge in [-0.2, -0.15) is 0 Å². The van der Waals surface area contributed by atoms with Gasteiger partial charge >= 0.3 is 5.97 Å². The molecule has 2 aromatic carbocycles. The summed E-state index contributed by atoms with van der Waals surface area (Å²) in [5.41, 5.74) is 8.60. The lowest BCUT2D eigenvalue weighted by Crippen LogP contribution is -2.25. The average Bonchev–Trinajstić information content (AvgIpc) is 3.33. The molecule has 0 aliphatic rings. The number of ether oxygens (including phenoxy) is 2. The van der Waals surface area contributed by atoms with Gasteiger partial charge < -0.3 is 24.3 Å². The zero-order valence-corrected chi connectivity index (χ0v) is 20.4. The molecule has 0 radical (unpaired) electrons. The smallest absolute Gasteiger partial charge is 0.320 e. The molecule has 0 bridgehead atoms. The summed E-state index contributed by atoms with van der Waals surface area (Å²) in [5, 5.41) is 2.71. The normalized spacial score (nSPS) is 12.9. The lowest BCUT2D eigenvalue weighted by molar-refractivity contribution is -0.143. The Kier molecular flexibility index (Phi) is 8.75. The van der Waals surface area contributed by atoms with E-state index < -0.39 is 13.5 Å². The van der Waals surface area contributed by atoms with E-state index in [4.69, 9.17) is 19.7 Å². The number of hydrogen-bond donors (Lipinski definition) is 2. The van der Waals surface area contributed by atoms with E-state index in [9.17, 15) is 9.36 Å². The Bertz CT molecular complexity index is 1320. The zero-order valence-electron chi connectivity index (χ0n) is 19.5. The van der Waals surface area contributed by atoms with Gasteiger partial charge in [0.2, 0.25) is 0 Å². The van der Waals surface area contributed by atoms with Crippen LogP contribution in [0.25, 0.3) is 11.2 Å². The lowest BCUT2D eigenvalue weighted by atomic mass is 10.2. The molecule has 4 aromatic rings. The Balaban J connectivity index is 1.31. The van der Waals surface area contributed by atoms with Crippen LogP contribution in [-0.4, -0.2) is 45.0 Å². The van der Waals surface area contributed by atoms with Crippen LogP contribution >= 0.6 is 7.52 Å². The standard InChI is InChI=1S/C24H27N6O5P/c25-23-22-24(27-16-26-23)30(17-28-22)11-12-33-18-36(32,35-15-20-9-5-2-6-10-20)29-13-21(31)34-14-19-7-3-1-4-8-19/h1-10,16-17H,11-15,18H2,(H,29,32)(H2,25,26,27). The number of aromatic nitrogens is 4. The second-order valence-corrected chi connectivity index (χ2v) is 10.00. The molecule has 1 atom stereocenters. The molecule has 0 aliphatic carbocycles. The fourth-order valence-electron chi connectivity index (χ4n) is 3.27. The van der Waals surface area contributed by atoms with Crippen molar-refractivity contribution in [1.82, 2.24) is 24.6 Å². The van der Waals surface area contributed by atoms with Crippen molar-refractivity contribution in [1.29, 1.82) is 0 Å². The number of nitrogens with two attached hydrogens (primary N) is 1. The minimum Gasteiger partial charge on any atom is -0.460 e. The number of anilines is 1. The summed E-state index contributed by atoms with van der Waals surface area (Å²) in [4.78, 5) is 24.6. The van der Waals surface area contributed by atoms with Crippen molar-refractivity contribution < 1.29 is 23.4 Å². The van der Waals surface area contributed by atoms with Crippen LogP contribution in [0.15, 0.2) is 73.3 Å². The minimum absolute atomic E-state index is 0.0932. The number of imidazole rings is 1. The Morgan fingerprint density at radius 2 is 1.67 bits per heavy atom. The summed E-state index contributed by atoms with van der Waals surface area (Å²) in [6, 6.07) is 18.6. The summed E-state index contributed by atoms with van der Waals surface area (Å²) in [6.07, 6.45) is 2.71. The highest BCUT2D eigenvalue weighted by atomic mass is 31.2. The number of hydrogen-bond acceptors (Lipinski definition) is 9. The predicted molar refractivity (Wildman–Crippen MR) is 134 cm³/mol. The number of fused-ring (bicyclic) bond motifs is 1. The fraction of sp³-hybridized carbons (Fsp3) is 0.250. The maximum absolute atomic E-state index is 13.5. The third-order valence-electron chi connectivity index (χ3n) is 5.16. The summed E-state index contributed by atoms with van der Waals surface area (Å²) < 4.78 is 31.9. The Hall–Kier alpha value is -3.63. The molecule has 0 aliphatic heterocycles. The first kappa shape index (κ1) is 25.5. The van der Waals surface area contributed by atoms with Crippen LogP contribution in [-0.2, 0) is 43.1 Å². The van der Waals surface area contributed by atoms with Crippen LogP contribution in [0, 0.1) is 0 Å². The maximum Gasteiger partial charge on any atom is 0.320 e. The van der Waals surface area contributed by atoms with Gasteiger partial charge in [0.05, 0.1) is 19.5 Å². The van der Waals surface area contributed by atoms with Gasteiger partial charge in [0.15, 0.2) is 11.5 Å². The van der Waals surface area contributed by atoms with Crippen molar-refractivity contribution in [3.63, 3.8) is 0 Å². The molecule has 4 rings (SSSR count). The van der Waals surface area contributed by atoms with E-state index in [0.29, 0.717) is 23.5 Å². The van der Waals surface area contributed by atoms with Crippen LogP contribution in [0.1, 0.15) is 11.1 Å². The third-order valence-corrected chi connectivity index (χ3v) is 6.87. The van der Waals surface area contributed by atoms with E-state index in [1.54, 1.807) is 10.9 Å². The number of carbonyl (C=O) groups excluding carboxylic acids is 1. The maximum atomic E-state index is 13.5. The number of nitrogen functional groups attached to an aromatic ring is 1. The number of esters is 1. The van der Waals surface area contributed by atoms with Gasteiger partial charge in [-0.1, -0.05) is 60.7 Å². The minimum atomic E-state index is -3.54. The first-order valence-electron chi connectivity index (χ1n) is 11.2. The van der Waals surface area contributed by atoms with E-state index in [1.165, 1.54) is 6.33 Å².